The van der Waals surface area contributed by atoms with E-state index in [1.807, 2.05) is 42.5 Å². The first kappa shape index (κ1) is 9.26. The molecule has 0 amide bonds. The van der Waals surface area contributed by atoms with Crippen LogP contribution in [0.2, 0.25) is 0 Å². The highest BCUT2D eigenvalue weighted by Gasteiger charge is 2.25. The maximum Gasteiger partial charge on any atom is 0.0862 e. The van der Waals surface area contributed by atoms with Crippen LogP contribution in [0.1, 0.15) is 0 Å². The van der Waals surface area contributed by atoms with Gasteiger partial charge in [0.05, 0.1) is 20.6 Å². The quantitative estimate of drug-likeness (QED) is 0.544. The zero-order valence-electron chi connectivity index (χ0n) is 7.94. The third kappa shape index (κ3) is 1.22. The van der Waals surface area contributed by atoms with Gasteiger partial charge in [-0.25, -0.2) is 4.21 Å². The van der Waals surface area contributed by atoms with E-state index >= 15 is 0 Å². The van der Waals surface area contributed by atoms with Gasteiger partial charge in [-0.2, -0.15) is 0 Å². The molecule has 0 aromatic heterocycles. The van der Waals surface area contributed by atoms with Crippen molar-refractivity contribution in [3.63, 3.8) is 0 Å². The third-order valence-electron chi connectivity index (χ3n) is 2.61. The molecule has 0 aliphatic carbocycles. The van der Waals surface area contributed by atoms with Crippen LogP contribution in [0.5, 0.6) is 0 Å². The molecule has 0 radical (unpaired) electrons. The lowest BCUT2D eigenvalue weighted by molar-refractivity contribution is 0.685. The minimum Gasteiger partial charge on any atom is -0.249 e. The molecule has 2 aromatic rings. The van der Waals surface area contributed by atoms with E-state index in [0.29, 0.717) is 0 Å². The Morgan fingerprint density at radius 1 is 0.933 bits per heavy atom. The molecular weight excluding hydrogens is 223 g/mol. The molecule has 2 atom stereocenters. The summed E-state index contributed by atoms with van der Waals surface area (Å²) in [6, 6.07) is 13.8. The molecule has 0 saturated carbocycles. The summed E-state index contributed by atoms with van der Waals surface area (Å²) in [6.07, 6.45) is 0. The first-order valence-corrected chi connectivity index (χ1v) is 6.41. The summed E-state index contributed by atoms with van der Waals surface area (Å²) in [5.74, 6) is 0. The third-order valence-corrected chi connectivity index (χ3v) is 4.59. The van der Waals surface area contributed by atoms with E-state index < -0.39 is 10.8 Å². The van der Waals surface area contributed by atoms with Crippen molar-refractivity contribution in [3.8, 4) is 11.1 Å². The van der Waals surface area contributed by atoms with Gasteiger partial charge in [0.15, 0.2) is 0 Å². The number of hydrogen-bond acceptors (Lipinski definition) is 1. The van der Waals surface area contributed by atoms with E-state index in [2.05, 4.69) is 9.24 Å². The number of rotatable bonds is 0. The first-order chi connectivity index (χ1) is 7.29. The van der Waals surface area contributed by atoms with E-state index in [0.717, 1.165) is 26.2 Å². The van der Waals surface area contributed by atoms with Crippen molar-refractivity contribution in [2.45, 2.75) is 9.79 Å². The molecule has 3 rings (SSSR count). The van der Waals surface area contributed by atoms with Gasteiger partial charge in [0, 0.05) is 11.1 Å². The Labute approximate surface area is 93.2 Å². The maximum atomic E-state index is 12.1. The Balaban J connectivity index is 2.45. The summed E-state index contributed by atoms with van der Waals surface area (Å²) in [5, 5.41) is 1.12. The lowest BCUT2D eigenvalue weighted by atomic mass is 10.1. The largest absolute Gasteiger partial charge is 0.249 e. The summed E-state index contributed by atoms with van der Waals surface area (Å²) in [4.78, 5) is 1.87. The van der Waals surface area contributed by atoms with Gasteiger partial charge in [0.25, 0.3) is 0 Å². The minimum atomic E-state index is -0.996. The second-order valence-electron chi connectivity index (χ2n) is 3.49. The van der Waals surface area contributed by atoms with Crippen LogP contribution in [0.4, 0.5) is 0 Å². The minimum absolute atomic E-state index is 0.933. The molecule has 3 heteroatoms. The Bertz CT molecular complexity index is 578. The number of benzene rings is 2. The van der Waals surface area contributed by atoms with Crippen LogP contribution in [0.15, 0.2) is 52.3 Å². The smallest absolute Gasteiger partial charge is 0.0862 e. The molecule has 0 bridgehead atoms. The highest BCUT2D eigenvalue weighted by Crippen LogP contribution is 2.39. The maximum absolute atomic E-state index is 12.1. The van der Waals surface area contributed by atoms with Crippen molar-refractivity contribution < 1.29 is 4.21 Å². The lowest BCUT2D eigenvalue weighted by Crippen LogP contribution is -1.96. The van der Waals surface area contributed by atoms with Gasteiger partial charge in [-0.1, -0.05) is 30.3 Å². The summed E-state index contributed by atoms with van der Waals surface area (Å²) in [5.41, 5.74) is 2.23. The summed E-state index contributed by atoms with van der Waals surface area (Å²) in [6.45, 7) is 0. The molecule has 1 nitrogen and oxygen atoms in total. The molecule has 2 unspecified atom stereocenters. The van der Waals surface area contributed by atoms with Crippen molar-refractivity contribution in [2.75, 3.05) is 0 Å². The van der Waals surface area contributed by atoms with Crippen LogP contribution >= 0.6 is 9.24 Å². The molecule has 0 saturated heterocycles. The van der Waals surface area contributed by atoms with Gasteiger partial charge in [-0.15, -0.1) is 9.24 Å². The molecule has 0 spiro atoms. The van der Waals surface area contributed by atoms with Crippen molar-refractivity contribution in [1.29, 1.82) is 0 Å². The summed E-state index contributed by atoms with van der Waals surface area (Å²) >= 11 is 0. The zero-order chi connectivity index (χ0) is 10.4. The number of fused-ring (bicyclic) bond motifs is 3. The Kier molecular flexibility index (Phi) is 2.01. The lowest BCUT2D eigenvalue weighted by Gasteiger charge is -2.02. The molecule has 0 fully saturated rings. The highest BCUT2D eigenvalue weighted by atomic mass is 32.2. The Morgan fingerprint density at radius 3 is 2.53 bits per heavy atom. The Hall–Kier alpha value is -0.980. The molecule has 2 aromatic carbocycles. The van der Waals surface area contributed by atoms with Crippen molar-refractivity contribution in [2.24, 2.45) is 0 Å². The predicted molar refractivity (Wildman–Crippen MR) is 65.9 cm³/mol. The van der Waals surface area contributed by atoms with E-state index in [-0.39, 0.29) is 0 Å². The van der Waals surface area contributed by atoms with Crippen LogP contribution in [-0.2, 0) is 10.8 Å². The summed E-state index contributed by atoms with van der Waals surface area (Å²) < 4.78 is 12.1. The van der Waals surface area contributed by atoms with Crippen LogP contribution in [0.3, 0.4) is 0 Å². The monoisotopic (exact) mass is 232 g/mol. The normalized spacial score (nSPS) is 17.3. The summed E-state index contributed by atoms with van der Waals surface area (Å²) in [7, 11) is 1.71. The second-order valence-corrected chi connectivity index (χ2v) is 5.52. The fraction of sp³-hybridized carbons (Fsp3) is 0. The molecule has 15 heavy (non-hydrogen) atoms. The second kappa shape index (κ2) is 3.26. The van der Waals surface area contributed by atoms with Gasteiger partial charge in [0.1, 0.15) is 0 Å². The van der Waals surface area contributed by atoms with E-state index in [4.69, 9.17) is 0 Å². The first-order valence-electron chi connectivity index (χ1n) is 4.68. The standard InChI is InChI=1S/C12H9OPS/c13-15-10-6-2-1-4-8(10)12-9(14)5-3-7-11(12)15/h1-7H,14H2. The topological polar surface area (TPSA) is 17.1 Å². The average Bonchev–Trinajstić information content (AvgIpc) is 2.55. The van der Waals surface area contributed by atoms with Crippen LogP contribution in [-0.4, -0.2) is 4.21 Å². The van der Waals surface area contributed by atoms with E-state index in [1.165, 1.54) is 0 Å². The van der Waals surface area contributed by atoms with Crippen molar-refractivity contribution >= 4 is 25.3 Å². The van der Waals surface area contributed by atoms with Gasteiger partial charge in [0.2, 0.25) is 0 Å². The molecule has 1 aliphatic heterocycles. The van der Waals surface area contributed by atoms with Gasteiger partial charge < -0.3 is 0 Å². The molecular formula is C12H9OPS. The number of hydrogen-bond donors (Lipinski definition) is 0. The van der Waals surface area contributed by atoms with Crippen molar-refractivity contribution in [1.82, 2.24) is 0 Å². The van der Waals surface area contributed by atoms with Crippen molar-refractivity contribution in [3.05, 3.63) is 42.5 Å². The van der Waals surface area contributed by atoms with E-state index in [1.54, 1.807) is 0 Å². The fourth-order valence-corrected chi connectivity index (χ4v) is 3.90. The van der Waals surface area contributed by atoms with Crippen LogP contribution in [0, 0.1) is 0 Å². The molecule has 0 N–H and O–H groups in total. The van der Waals surface area contributed by atoms with Gasteiger partial charge in [-0.05, 0) is 17.4 Å². The Morgan fingerprint density at radius 2 is 1.67 bits per heavy atom. The molecule has 74 valence electrons. The molecule has 1 heterocycles. The van der Waals surface area contributed by atoms with Crippen LogP contribution in [0.25, 0.3) is 11.1 Å². The van der Waals surface area contributed by atoms with Gasteiger partial charge in [-0.3, -0.25) is 0 Å². The fourth-order valence-electron chi connectivity index (χ4n) is 1.94. The van der Waals surface area contributed by atoms with E-state index in [9.17, 15) is 4.21 Å². The molecule has 1 aliphatic rings. The predicted octanol–water partition coefficient (Wildman–Crippen LogP) is 2.33. The zero-order valence-corrected chi connectivity index (χ0v) is 9.91. The highest BCUT2D eigenvalue weighted by molar-refractivity contribution is 7.85. The van der Waals surface area contributed by atoms with Crippen LogP contribution < -0.4 is 5.30 Å². The SMILES string of the molecule is O=S1c2ccccc2-c2c(P)cccc21. The van der Waals surface area contributed by atoms with Gasteiger partial charge >= 0.3 is 0 Å². The average molecular weight is 232 g/mol.